The molecule has 7 nitrogen and oxygen atoms in total. The molecule has 0 saturated carbocycles. The van der Waals surface area contributed by atoms with E-state index in [9.17, 15) is 4.79 Å². The molecule has 0 spiro atoms. The number of carbonyl (C=O) groups is 1. The van der Waals surface area contributed by atoms with Crippen molar-refractivity contribution in [3.05, 3.63) is 72.2 Å². The molecule has 1 saturated heterocycles. The Hall–Kier alpha value is -3.61. The molecule has 1 amide bonds. The van der Waals surface area contributed by atoms with E-state index in [1.165, 1.54) is 0 Å². The van der Waals surface area contributed by atoms with Gasteiger partial charge in [-0.05, 0) is 36.4 Å². The minimum atomic E-state index is -0.108. The van der Waals surface area contributed by atoms with Crippen molar-refractivity contribution in [2.45, 2.75) is 6.61 Å². The highest BCUT2D eigenvalue weighted by atomic mass is 16.5. The Bertz CT molecular complexity index is 1020. The van der Waals surface area contributed by atoms with E-state index < -0.39 is 0 Å². The van der Waals surface area contributed by atoms with Crippen LogP contribution in [0.25, 0.3) is 0 Å². The van der Waals surface area contributed by atoms with Crippen LogP contribution in [-0.4, -0.2) is 51.2 Å². The number of para-hydroxylation sites is 4. The van der Waals surface area contributed by atoms with Gasteiger partial charge >= 0.3 is 0 Å². The molecule has 0 bridgehead atoms. The maximum atomic E-state index is 12.9. The van der Waals surface area contributed by atoms with E-state index in [1.807, 2.05) is 53.4 Å². The average Bonchev–Trinajstić information content (AvgIpc) is 3.31. The Balaban J connectivity index is 1.34. The van der Waals surface area contributed by atoms with Gasteiger partial charge in [-0.3, -0.25) is 4.79 Å². The number of piperazine rings is 1. The molecule has 1 aromatic heterocycles. The normalized spacial score (nSPS) is 13.7. The number of anilines is 1. The molecular formula is C24H26N2O5. The van der Waals surface area contributed by atoms with E-state index in [0.29, 0.717) is 36.1 Å². The molecule has 31 heavy (non-hydrogen) atoms. The minimum absolute atomic E-state index is 0.108. The highest BCUT2D eigenvalue weighted by Gasteiger charge is 2.25. The molecule has 162 valence electrons. The van der Waals surface area contributed by atoms with Gasteiger partial charge in [0.2, 0.25) is 0 Å². The Morgan fingerprint density at radius 2 is 1.48 bits per heavy atom. The summed E-state index contributed by atoms with van der Waals surface area (Å²) in [5.41, 5.74) is 1.05. The SMILES string of the molecule is COc1ccccc1OCc1ccc(C(=O)N2CCN(c3ccccc3OC)CC2)o1. The van der Waals surface area contributed by atoms with E-state index in [2.05, 4.69) is 4.90 Å². The second-order valence-corrected chi connectivity index (χ2v) is 7.16. The lowest BCUT2D eigenvalue weighted by molar-refractivity contribution is 0.0710. The van der Waals surface area contributed by atoms with Crippen LogP contribution in [0.3, 0.4) is 0 Å². The predicted molar refractivity (Wildman–Crippen MR) is 117 cm³/mol. The monoisotopic (exact) mass is 422 g/mol. The van der Waals surface area contributed by atoms with Gasteiger partial charge < -0.3 is 28.4 Å². The van der Waals surface area contributed by atoms with Crippen molar-refractivity contribution in [1.82, 2.24) is 4.90 Å². The first-order chi connectivity index (χ1) is 15.2. The van der Waals surface area contributed by atoms with Crippen LogP contribution in [0.1, 0.15) is 16.3 Å². The number of rotatable bonds is 7. The van der Waals surface area contributed by atoms with Gasteiger partial charge in [0, 0.05) is 26.2 Å². The number of hydrogen-bond acceptors (Lipinski definition) is 6. The second kappa shape index (κ2) is 9.47. The van der Waals surface area contributed by atoms with Gasteiger partial charge in [0.05, 0.1) is 19.9 Å². The van der Waals surface area contributed by atoms with Crippen LogP contribution in [0, 0.1) is 0 Å². The summed E-state index contributed by atoms with van der Waals surface area (Å²) >= 11 is 0. The molecule has 0 N–H and O–H groups in total. The van der Waals surface area contributed by atoms with Gasteiger partial charge in [-0.15, -0.1) is 0 Å². The quantitative estimate of drug-likeness (QED) is 0.577. The summed E-state index contributed by atoms with van der Waals surface area (Å²) in [5.74, 6) is 2.92. The largest absolute Gasteiger partial charge is 0.495 e. The number of methoxy groups -OCH3 is 2. The second-order valence-electron chi connectivity index (χ2n) is 7.16. The highest BCUT2D eigenvalue weighted by molar-refractivity contribution is 5.91. The lowest BCUT2D eigenvalue weighted by Gasteiger charge is -2.36. The zero-order valence-corrected chi connectivity index (χ0v) is 17.7. The third-order valence-corrected chi connectivity index (χ3v) is 5.30. The highest BCUT2D eigenvalue weighted by Crippen LogP contribution is 2.29. The van der Waals surface area contributed by atoms with Gasteiger partial charge in [-0.1, -0.05) is 24.3 Å². The molecule has 2 heterocycles. The van der Waals surface area contributed by atoms with Crippen LogP contribution in [0.5, 0.6) is 17.2 Å². The number of ether oxygens (including phenoxy) is 3. The maximum absolute atomic E-state index is 12.9. The molecule has 0 radical (unpaired) electrons. The van der Waals surface area contributed by atoms with Crippen molar-refractivity contribution in [3.63, 3.8) is 0 Å². The first kappa shape index (κ1) is 20.7. The summed E-state index contributed by atoms with van der Waals surface area (Å²) in [7, 11) is 3.27. The fraction of sp³-hybridized carbons (Fsp3) is 0.292. The topological polar surface area (TPSA) is 64.4 Å². The van der Waals surface area contributed by atoms with Gasteiger partial charge in [0.15, 0.2) is 17.3 Å². The number of furan rings is 1. The first-order valence-electron chi connectivity index (χ1n) is 10.2. The molecule has 1 aliphatic rings. The summed E-state index contributed by atoms with van der Waals surface area (Å²) in [6, 6.07) is 18.8. The molecule has 7 heteroatoms. The fourth-order valence-corrected chi connectivity index (χ4v) is 3.65. The third-order valence-electron chi connectivity index (χ3n) is 5.30. The summed E-state index contributed by atoms with van der Waals surface area (Å²) in [5, 5.41) is 0. The summed E-state index contributed by atoms with van der Waals surface area (Å²) in [6.45, 7) is 2.91. The minimum Gasteiger partial charge on any atom is -0.495 e. The van der Waals surface area contributed by atoms with Crippen LogP contribution in [0.4, 0.5) is 5.69 Å². The molecule has 1 fully saturated rings. The maximum Gasteiger partial charge on any atom is 0.289 e. The van der Waals surface area contributed by atoms with Gasteiger partial charge in [-0.2, -0.15) is 0 Å². The molecule has 4 rings (SSSR count). The zero-order valence-electron chi connectivity index (χ0n) is 17.7. The fourth-order valence-electron chi connectivity index (χ4n) is 3.65. The Morgan fingerprint density at radius 3 is 2.19 bits per heavy atom. The van der Waals surface area contributed by atoms with Crippen molar-refractivity contribution in [2.24, 2.45) is 0 Å². The van der Waals surface area contributed by atoms with Crippen LogP contribution < -0.4 is 19.1 Å². The molecule has 0 aliphatic carbocycles. The van der Waals surface area contributed by atoms with Crippen molar-refractivity contribution in [2.75, 3.05) is 45.3 Å². The Kier molecular flexibility index (Phi) is 6.31. The number of hydrogen-bond donors (Lipinski definition) is 0. The van der Waals surface area contributed by atoms with E-state index in [0.717, 1.165) is 24.5 Å². The molecule has 2 aromatic carbocycles. The van der Waals surface area contributed by atoms with Crippen molar-refractivity contribution in [1.29, 1.82) is 0 Å². The lowest BCUT2D eigenvalue weighted by Crippen LogP contribution is -2.48. The van der Waals surface area contributed by atoms with E-state index in [-0.39, 0.29) is 12.5 Å². The van der Waals surface area contributed by atoms with Crippen LogP contribution >= 0.6 is 0 Å². The number of carbonyl (C=O) groups excluding carboxylic acids is 1. The standard InChI is InChI=1S/C24H26N2O5/c1-28-20-8-4-3-7-19(20)25-13-15-26(16-14-25)24(27)23-12-11-18(31-23)17-30-22-10-6-5-9-21(22)29-2/h3-12H,13-17H2,1-2H3. The molecule has 0 unspecified atom stereocenters. The van der Waals surface area contributed by atoms with Crippen LogP contribution in [-0.2, 0) is 6.61 Å². The van der Waals surface area contributed by atoms with Crippen molar-refractivity contribution < 1.29 is 23.4 Å². The number of amides is 1. The van der Waals surface area contributed by atoms with E-state index in [1.54, 1.807) is 26.4 Å². The summed E-state index contributed by atoms with van der Waals surface area (Å²) in [4.78, 5) is 16.9. The first-order valence-corrected chi connectivity index (χ1v) is 10.2. The summed E-state index contributed by atoms with van der Waals surface area (Å²) < 4.78 is 22.3. The van der Waals surface area contributed by atoms with Gasteiger partial charge in [0.1, 0.15) is 18.1 Å². The predicted octanol–water partition coefficient (Wildman–Crippen LogP) is 3.84. The van der Waals surface area contributed by atoms with Crippen LogP contribution in [0.15, 0.2) is 65.1 Å². The zero-order chi connectivity index (χ0) is 21.6. The molecule has 3 aromatic rings. The lowest BCUT2D eigenvalue weighted by atomic mass is 10.2. The Labute approximate surface area is 181 Å². The number of nitrogens with zero attached hydrogens (tertiary/aromatic N) is 2. The van der Waals surface area contributed by atoms with E-state index in [4.69, 9.17) is 18.6 Å². The van der Waals surface area contributed by atoms with Gasteiger partial charge in [0.25, 0.3) is 5.91 Å². The van der Waals surface area contributed by atoms with Crippen molar-refractivity contribution >= 4 is 11.6 Å². The van der Waals surface area contributed by atoms with Crippen molar-refractivity contribution in [3.8, 4) is 17.2 Å². The average molecular weight is 422 g/mol. The molecule has 1 aliphatic heterocycles. The van der Waals surface area contributed by atoms with Gasteiger partial charge in [-0.25, -0.2) is 0 Å². The number of benzene rings is 2. The smallest absolute Gasteiger partial charge is 0.289 e. The third kappa shape index (κ3) is 4.60. The summed E-state index contributed by atoms with van der Waals surface area (Å²) in [6.07, 6.45) is 0. The Morgan fingerprint density at radius 1 is 0.839 bits per heavy atom. The van der Waals surface area contributed by atoms with Crippen LogP contribution in [0.2, 0.25) is 0 Å². The molecular weight excluding hydrogens is 396 g/mol. The molecule has 0 atom stereocenters. The van der Waals surface area contributed by atoms with E-state index >= 15 is 0 Å².